The zero-order valence-electron chi connectivity index (χ0n) is 10.2. The zero-order valence-corrected chi connectivity index (χ0v) is 11.0. The van der Waals surface area contributed by atoms with Crippen molar-refractivity contribution in [2.24, 2.45) is 0 Å². The molecule has 0 bridgehead atoms. The summed E-state index contributed by atoms with van der Waals surface area (Å²) in [6.07, 6.45) is 0.460. The molecule has 0 aromatic rings. The molecule has 1 atom stereocenters. The smallest absolute Gasteiger partial charge is 0.242 e. The van der Waals surface area contributed by atoms with E-state index in [-0.39, 0.29) is 42.4 Å². The van der Waals surface area contributed by atoms with Gasteiger partial charge in [0.2, 0.25) is 17.7 Å². The van der Waals surface area contributed by atoms with Crippen LogP contribution in [0.4, 0.5) is 0 Å². The summed E-state index contributed by atoms with van der Waals surface area (Å²) >= 11 is 1.49. The molecule has 1 aliphatic heterocycles. The van der Waals surface area contributed by atoms with E-state index in [1.165, 1.54) is 16.7 Å². The molecule has 17 heavy (non-hydrogen) atoms. The Balaban J connectivity index is 2.46. The second kappa shape index (κ2) is 6.64. The predicted octanol–water partition coefficient (Wildman–Crippen LogP) is 0.393. The van der Waals surface area contributed by atoms with Crippen LogP contribution in [0.5, 0.6) is 0 Å². The summed E-state index contributed by atoms with van der Waals surface area (Å²) in [5, 5.41) is 2.39. The predicted molar refractivity (Wildman–Crippen MR) is 66.6 cm³/mol. The first-order chi connectivity index (χ1) is 8.10. The van der Waals surface area contributed by atoms with Crippen LogP contribution in [0.1, 0.15) is 26.7 Å². The Hall–Kier alpha value is -1.04. The van der Waals surface area contributed by atoms with E-state index in [0.29, 0.717) is 6.54 Å². The van der Waals surface area contributed by atoms with E-state index in [1.807, 2.05) is 13.8 Å². The minimum atomic E-state index is -0.248. The number of nitrogens with one attached hydrogen (secondary N) is 1. The minimum absolute atomic E-state index is 0.125. The monoisotopic (exact) mass is 258 g/mol. The van der Waals surface area contributed by atoms with Crippen molar-refractivity contribution < 1.29 is 14.4 Å². The molecule has 1 aliphatic rings. The Morgan fingerprint density at radius 3 is 2.76 bits per heavy atom. The number of imide groups is 1. The number of amides is 3. The third-order valence-corrected chi connectivity index (χ3v) is 3.61. The fraction of sp³-hybridized carbons (Fsp3) is 0.727. The summed E-state index contributed by atoms with van der Waals surface area (Å²) in [5.74, 6) is 0.379. The SMILES string of the molecule is CCNC(=O)CCN1C(=O)CC(SCC)C1=O. The van der Waals surface area contributed by atoms with Crippen molar-refractivity contribution in [3.8, 4) is 0 Å². The van der Waals surface area contributed by atoms with E-state index >= 15 is 0 Å². The number of carbonyl (C=O) groups excluding carboxylic acids is 3. The highest BCUT2D eigenvalue weighted by molar-refractivity contribution is 8.00. The minimum Gasteiger partial charge on any atom is -0.356 e. The van der Waals surface area contributed by atoms with Crippen LogP contribution in [0.25, 0.3) is 0 Å². The zero-order chi connectivity index (χ0) is 12.8. The standard InChI is InChI=1S/C11H18N2O3S/c1-3-12-9(14)5-6-13-10(15)7-8(11(13)16)17-4-2/h8H,3-7H2,1-2H3,(H,12,14). The Labute approximate surface area is 105 Å². The second-order valence-corrected chi connectivity index (χ2v) is 5.21. The van der Waals surface area contributed by atoms with Crippen molar-refractivity contribution in [2.45, 2.75) is 31.9 Å². The van der Waals surface area contributed by atoms with E-state index in [1.54, 1.807) is 0 Å². The van der Waals surface area contributed by atoms with Gasteiger partial charge in [-0.1, -0.05) is 6.92 Å². The molecule has 0 radical (unpaired) electrons. The van der Waals surface area contributed by atoms with Crippen LogP contribution >= 0.6 is 11.8 Å². The molecule has 1 N–H and O–H groups in total. The molecular formula is C11H18N2O3S. The second-order valence-electron chi connectivity index (χ2n) is 3.74. The fourth-order valence-electron chi connectivity index (χ4n) is 1.72. The van der Waals surface area contributed by atoms with Gasteiger partial charge in [0.1, 0.15) is 0 Å². The lowest BCUT2D eigenvalue weighted by molar-refractivity contribution is -0.138. The highest BCUT2D eigenvalue weighted by Crippen LogP contribution is 2.24. The van der Waals surface area contributed by atoms with Gasteiger partial charge in [-0.3, -0.25) is 19.3 Å². The summed E-state index contributed by atoms with van der Waals surface area (Å²) in [6, 6.07) is 0. The van der Waals surface area contributed by atoms with E-state index in [0.717, 1.165) is 5.75 Å². The third-order valence-electron chi connectivity index (χ3n) is 2.51. The van der Waals surface area contributed by atoms with Gasteiger partial charge in [-0.2, -0.15) is 0 Å². The Morgan fingerprint density at radius 2 is 2.18 bits per heavy atom. The molecule has 6 heteroatoms. The van der Waals surface area contributed by atoms with Crippen molar-refractivity contribution >= 4 is 29.5 Å². The third kappa shape index (κ3) is 3.73. The molecule has 1 fully saturated rings. The highest BCUT2D eigenvalue weighted by atomic mass is 32.2. The van der Waals surface area contributed by atoms with Gasteiger partial charge in [-0.05, 0) is 12.7 Å². The Kier molecular flexibility index (Phi) is 5.47. The van der Waals surface area contributed by atoms with Crippen LogP contribution in [-0.4, -0.2) is 46.7 Å². The number of hydrogen-bond donors (Lipinski definition) is 1. The summed E-state index contributed by atoms with van der Waals surface area (Å²) in [5.41, 5.74) is 0. The van der Waals surface area contributed by atoms with Gasteiger partial charge >= 0.3 is 0 Å². The van der Waals surface area contributed by atoms with Gasteiger partial charge in [-0.15, -0.1) is 11.8 Å². The lowest BCUT2D eigenvalue weighted by Gasteiger charge is -2.14. The number of rotatable bonds is 6. The molecular weight excluding hydrogens is 240 g/mol. The summed E-state index contributed by atoms with van der Waals surface area (Å²) in [7, 11) is 0. The molecule has 1 heterocycles. The van der Waals surface area contributed by atoms with Crippen molar-refractivity contribution in [1.29, 1.82) is 0 Å². The Bertz CT molecular complexity index is 320. The van der Waals surface area contributed by atoms with Gasteiger partial charge < -0.3 is 5.32 Å². The van der Waals surface area contributed by atoms with Gasteiger partial charge in [-0.25, -0.2) is 0 Å². The van der Waals surface area contributed by atoms with E-state index in [2.05, 4.69) is 5.32 Å². The largest absolute Gasteiger partial charge is 0.356 e. The maximum Gasteiger partial charge on any atom is 0.242 e. The highest BCUT2D eigenvalue weighted by Gasteiger charge is 2.38. The summed E-state index contributed by atoms with van der Waals surface area (Å²) in [4.78, 5) is 35.9. The molecule has 1 rings (SSSR count). The maximum absolute atomic E-state index is 11.8. The summed E-state index contributed by atoms with van der Waals surface area (Å²) < 4.78 is 0. The van der Waals surface area contributed by atoms with Gasteiger partial charge in [0, 0.05) is 25.9 Å². The number of carbonyl (C=O) groups is 3. The van der Waals surface area contributed by atoms with Gasteiger partial charge in [0.25, 0.3) is 0 Å². The van der Waals surface area contributed by atoms with E-state index in [4.69, 9.17) is 0 Å². The molecule has 0 aromatic carbocycles. The van der Waals surface area contributed by atoms with E-state index < -0.39 is 0 Å². The van der Waals surface area contributed by atoms with Crippen molar-refractivity contribution in [3.63, 3.8) is 0 Å². The van der Waals surface area contributed by atoms with Crippen molar-refractivity contribution in [1.82, 2.24) is 10.2 Å². The molecule has 0 spiro atoms. The normalized spacial score (nSPS) is 19.9. The molecule has 3 amide bonds. The van der Waals surface area contributed by atoms with Crippen LogP contribution < -0.4 is 5.32 Å². The molecule has 0 aromatic heterocycles. The van der Waals surface area contributed by atoms with Crippen molar-refractivity contribution in [2.75, 3.05) is 18.8 Å². The first kappa shape index (κ1) is 14.0. The average molecular weight is 258 g/mol. The first-order valence-electron chi connectivity index (χ1n) is 5.82. The molecule has 1 saturated heterocycles. The topological polar surface area (TPSA) is 66.5 Å². The number of nitrogens with zero attached hydrogens (tertiary/aromatic N) is 1. The molecule has 0 aliphatic carbocycles. The number of hydrogen-bond acceptors (Lipinski definition) is 4. The van der Waals surface area contributed by atoms with Gasteiger partial charge in [0.05, 0.1) is 5.25 Å². The van der Waals surface area contributed by atoms with Crippen molar-refractivity contribution in [3.05, 3.63) is 0 Å². The molecule has 0 saturated carbocycles. The first-order valence-corrected chi connectivity index (χ1v) is 6.87. The molecule has 1 unspecified atom stereocenters. The van der Waals surface area contributed by atoms with E-state index in [9.17, 15) is 14.4 Å². The lowest BCUT2D eigenvalue weighted by atomic mass is 10.3. The van der Waals surface area contributed by atoms with Crippen LogP contribution in [-0.2, 0) is 14.4 Å². The fourth-order valence-corrected chi connectivity index (χ4v) is 2.65. The van der Waals surface area contributed by atoms with Crippen LogP contribution in [0, 0.1) is 0 Å². The van der Waals surface area contributed by atoms with Crippen LogP contribution in [0.15, 0.2) is 0 Å². The molecule has 96 valence electrons. The maximum atomic E-state index is 11.8. The molecule has 5 nitrogen and oxygen atoms in total. The summed E-state index contributed by atoms with van der Waals surface area (Å²) in [6.45, 7) is 4.55. The number of thioether (sulfide) groups is 1. The lowest BCUT2D eigenvalue weighted by Crippen LogP contribution is -2.35. The Morgan fingerprint density at radius 1 is 1.47 bits per heavy atom. The van der Waals surface area contributed by atoms with Crippen LogP contribution in [0.2, 0.25) is 0 Å². The number of likely N-dealkylation sites (tertiary alicyclic amines) is 1. The average Bonchev–Trinajstić information content (AvgIpc) is 2.53. The van der Waals surface area contributed by atoms with Gasteiger partial charge in [0.15, 0.2) is 0 Å². The quantitative estimate of drug-likeness (QED) is 0.700. The van der Waals surface area contributed by atoms with Crippen LogP contribution in [0.3, 0.4) is 0 Å².